The van der Waals surface area contributed by atoms with Crippen LogP contribution < -0.4 is 33.2 Å². The number of aliphatic imine (C=N–C) groups is 1. The van der Waals surface area contributed by atoms with Gasteiger partial charge in [0.2, 0.25) is 17.7 Å². The normalized spacial score (nSPS) is 13.7. The predicted octanol–water partition coefficient (Wildman–Crippen LogP) is -1.37. The molecule has 12 nitrogen and oxygen atoms in total. The molecule has 0 aliphatic heterocycles. The molecule has 184 valence electrons. The second-order valence-electron chi connectivity index (χ2n) is 8.55. The Morgan fingerprint density at radius 2 is 1.44 bits per heavy atom. The fourth-order valence-corrected chi connectivity index (χ4v) is 2.93. The maximum atomic E-state index is 12.9. The van der Waals surface area contributed by atoms with Gasteiger partial charge in [0.25, 0.3) is 0 Å². The Labute approximate surface area is 189 Å². The molecule has 0 spiro atoms. The van der Waals surface area contributed by atoms with E-state index in [1.807, 2.05) is 27.7 Å². The van der Waals surface area contributed by atoms with Gasteiger partial charge in [0.1, 0.15) is 18.6 Å². The van der Waals surface area contributed by atoms with Gasteiger partial charge in [-0.3, -0.25) is 24.2 Å². The molecule has 3 atom stereocenters. The maximum Gasteiger partial charge on any atom is 0.322 e. The number of carboxylic acids is 1. The highest BCUT2D eigenvalue weighted by Crippen LogP contribution is 2.08. The molecule has 0 radical (unpaired) electrons. The van der Waals surface area contributed by atoms with Crippen LogP contribution in [0.3, 0.4) is 0 Å². The smallest absolute Gasteiger partial charge is 0.322 e. The molecular formula is C20H39N7O5. The first-order chi connectivity index (χ1) is 14.8. The number of carbonyl (C=O) groups is 4. The molecule has 0 aromatic heterocycles. The third-order valence-electron chi connectivity index (χ3n) is 4.39. The van der Waals surface area contributed by atoms with Crippen molar-refractivity contribution >= 4 is 29.7 Å². The van der Waals surface area contributed by atoms with E-state index in [0.717, 1.165) is 0 Å². The number of carbonyl (C=O) groups excluding carboxylic acids is 3. The monoisotopic (exact) mass is 457 g/mol. The Morgan fingerprint density at radius 3 is 1.94 bits per heavy atom. The van der Waals surface area contributed by atoms with E-state index in [9.17, 15) is 19.2 Å². The third kappa shape index (κ3) is 13.4. The first-order valence-corrected chi connectivity index (χ1v) is 10.7. The average molecular weight is 458 g/mol. The van der Waals surface area contributed by atoms with Crippen molar-refractivity contribution in [1.82, 2.24) is 16.0 Å². The summed E-state index contributed by atoms with van der Waals surface area (Å²) < 4.78 is 0. The Bertz CT molecular complexity index is 663. The Kier molecular flexibility index (Phi) is 13.6. The second-order valence-corrected chi connectivity index (χ2v) is 8.55. The summed E-state index contributed by atoms with van der Waals surface area (Å²) in [5.41, 5.74) is 16.5. The van der Waals surface area contributed by atoms with Gasteiger partial charge in [0.05, 0.1) is 6.04 Å². The van der Waals surface area contributed by atoms with Crippen LogP contribution in [0.25, 0.3) is 0 Å². The number of nitrogens with two attached hydrogens (primary N) is 3. The van der Waals surface area contributed by atoms with E-state index in [2.05, 4.69) is 20.9 Å². The van der Waals surface area contributed by atoms with Crippen LogP contribution in [0.15, 0.2) is 4.99 Å². The van der Waals surface area contributed by atoms with E-state index < -0.39 is 48.4 Å². The summed E-state index contributed by atoms with van der Waals surface area (Å²) in [6.07, 6.45) is 1.35. The van der Waals surface area contributed by atoms with Crippen molar-refractivity contribution < 1.29 is 24.3 Å². The standard InChI is InChI=1S/C20H39N7O5/c1-11(2)8-13(21)17(30)26-14(6-5-7-24-20(22)23)19(32)27-15(9-12(3)4)18(31)25-10-16(28)29/h11-15H,5-10,21H2,1-4H3,(H,25,31)(H,26,30)(H,27,32)(H,28,29)(H4,22,23,24). The number of carboxylic acid groups (broad SMARTS) is 1. The van der Waals surface area contributed by atoms with Crippen LogP contribution in [0.2, 0.25) is 0 Å². The average Bonchev–Trinajstić information content (AvgIpc) is 2.66. The Morgan fingerprint density at radius 1 is 0.875 bits per heavy atom. The van der Waals surface area contributed by atoms with Crippen LogP contribution in [0.5, 0.6) is 0 Å². The molecule has 32 heavy (non-hydrogen) atoms. The fourth-order valence-electron chi connectivity index (χ4n) is 2.93. The van der Waals surface area contributed by atoms with Gasteiger partial charge in [-0.1, -0.05) is 27.7 Å². The number of hydrogen-bond acceptors (Lipinski definition) is 6. The zero-order valence-electron chi connectivity index (χ0n) is 19.4. The van der Waals surface area contributed by atoms with Crippen molar-refractivity contribution in [2.45, 2.75) is 71.5 Å². The molecule has 0 rings (SSSR count). The largest absolute Gasteiger partial charge is 0.480 e. The molecule has 3 amide bonds. The first kappa shape index (κ1) is 29.1. The van der Waals surface area contributed by atoms with Gasteiger partial charge in [-0.25, -0.2) is 0 Å². The number of nitrogens with one attached hydrogen (secondary N) is 3. The molecule has 0 aromatic carbocycles. The van der Waals surface area contributed by atoms with Crippen LogP contribution in [0, 0.1) is 11.8 Å². The maximum absolute atomic E-state index is 12.9. The predicted molar refractivity (Wildman–Crippen MR) is 121 cm³/mol. The second kappa shape index (κ2) is 15.0. The van der Waals surface area contributed by atoms with Crippen LogP contribution in [-0.2, 0) is 19.2 Å². The zero-order chi connectivity index (χ0) is 24.8. The van der Waals surface area contributed by atoms with Crippen molar-refractivity contribution in [1.29, 1.82) is 0 Å². The minimum Gasteiger partial charge on any atom is -0.480 e. The number of guanidine groups is 1. The lowest BCUT2D eigenvalue weighted by atomic mass is 10.0. The molecular weight excluding hydrogens is 418 g/mol. The molecule has 0 bridgehead atoms. The summed E-state index contributed by atoms with van der Waals surface area (Å²) in [7, 11) is 0. The minimum atomic E-state index is -1.20. The van der Waals surface area contributed by atoms with E-state index in [4.69, 9.17) is 22.3 Å². The van der Waals surface area contributed by atoms with Gasteiger partial charge in [-0.15, -0.1) is 0 Å². The molecule has 0 saturated heterocycles. The lowest BCUT2D eigenvalue weighted by Gasteiger charge is -2.25. The van der Waals surface area contributed by atoms with Crippen molar-refractivity contribution in [3.63, 3.8) is 0 Å². The summed E-state index contributed by atoms with van der Waals surface area (Å²) in [6.45, 7) is 7.28. The van der Waals surface area contributed by atoms with Crippen molar-refractivity contribution in [3.05, 3.63) is 0 Å². The van der Waals surface area contributed by atoms with E-state index in [1.165, 1.54) is 0 Å². The van der Waals surface area contributed by atoms with Crippen LogP contribution >= 0.6 is 0 Å². The van der Waals surface area contributed by atoms with E-state index in [0.29, 0.717) is 19.3 Å². The molecule has 0 aliphatic carbocycles. The van der Waals surface area contributed by atoms with Crippen molar-refractivity contribution in [3.8, 4) is 0 Å². The summed E-state index contributed by atoms with van der Waals surface area (Å²) in [4.78, 5) is 52.4. The molecule has 0 saturated carbocycles. The molecule has 12 heteroatoms. The zero-order valence-corrected chi connectivity index (χ0v) is 19.4. The fraction of sp³-hybridized carbons (Fsp3) is 0.750. The van der Waals surface area contributed by atoms with Crippen LogP contribution in [0.1, 0.15) is 53.4 Å². The molecule has 3 unspecified atom stereocenters. The highest BCUT2D eigenvalue weighted by Gasteiger charge is 2.28. The number of hydrogen-bond donors (Lipinski definition) is 7. The number of aliphatic carboxylic acids is 1. The number of amides is 3. The molecule has 10 N–H and O–H groups in total. The molecule has 0 fully saturated rings. The quantitative estimate of drug-likeness (QED) is 0.0882. The van der Waals surface area contributed by atoms with E-state index in [-0.39, 0.29) is 30.8 Å². The SMILES string of the molecule is CC(C)CC(N)C(=O)NC(CCCN=C(N)N)C(=O)NC(CC(C)C)C(=O)NCC(=O)O. The highest BCUT2D eigenvalue weighted by molar-refractivity contribution is 5.93. The van der Waals surface area contributed by atoms with Gasteiger partial charge >= 0.3 is 5.97 Å². The summed E-state index contributed by atoms with van der Waals surface area (Å²) in [5.74, 6) is -2.70. The van der Waals surface area contributed by atoms with E-state index >= 15 is 0 Å². The van der Waals surface area contributed by atoms with Gasteiger partial charge in [-0.2, -0.15) is 0 Å². The summed E-state index contributed by atoms with van der Waals surface area (Å²) >= 11 is 0. The molecule has 0 aliphatic rings. The van der Waals surface area contributed by atoms with Gasteiger partial charge in [0.15, 0.2) is 5.96 Å². The number of rotatable bonds is 15. The van der Waals surface area contributed by atoms with E-state index in [1.54, 1.807) is 0 Å². The highest BCUT2D eigenvalue weighted by atomic mass is 16.4. The first-order valence-electron chi connectivity index (χ1n) is 10.7. The van der Waals surface area contributed by atoms with Crippen LogP contribution in [-0.4, -0.2) is 66.0 Å². The summed E-state index contributed by atoms with van der Waals surface area (Å²) in [6, 6.07) is -2.70. The Balaban J connectivity index is 5.35. The summed E-state index contributed by atoms with van der Waals surface area (Å²) in [5, 5.41) is 16.3. The van der Waals surface area contributed by atoms with Gasteiger partial charge in [-0.05, 0) is 37.5 Å². The lowest BCUT2D eigenvalue weighted by molar-refractivity contribution is -0.138. The minimum absolute atomic E-state index is 0.0465. The lowest BCUT2D eigenvalue weighted by Crippen LogP contribution is -2.56. The topological polar surface area (TPSA) is 215 Å². The van der Waals surface area contributed by atoms with Crippen LogP contribution in [0.4, 0.5) is 0 Å². The molecule has 0 heterocycles. The van der Waals surface area contributed by atoms with Gasteiger partial charge in [0, 0.05) is 6.54 Å². The third-order valence-corrected chi connectivity index (χ3v) is 4.39. The molecule has 0 aromatic rings. The Hall–Kier alpha value is -2.89. The van der Waals surface area contributed by atoms with Crippen molar-refractivity contribution in [2.75, 3.05) is 13.1 Å². The number of nitrogens with zero attached hydrogens (tertiary/aromatic N) is 1. The van der Waals surface area contributed by atoms with Gasteiger partial charge < -0.3 is 38.3 Å². The van der Waals surface area contributed by atoms with Crippen molar-refractivity contribution in [2.24, 2.45) is 34.0 Å².